The SMILES string of the molecule is CCCC(F)(F)COc1ncc(CN(N)/C=C2\CC#CCN=C2C(=O)C(N)CC[C@@H](C)O)cc1C. The summed E-state index contributed by atoms with van der Waals surface area (Å²) in [5.41, 5.74) is 8.16. The summed E-state index contributed by atoms with van der Waals surface area (Å²) in [5, 5.41) is 10.9. The maximum Gasteiger partial charge on any atom is 0.281 e. The summed E-state index contributed by atoms with van der Waals surface area (Å²) < 4.78 is 32.7. The van der Waals surface area contributed by atoms with Crippen molar-refractivity contribution < 1.29 is 23.4 Å². The number of aryl methyl sites for hydroxylation is 1. The van der Waals surface area contributed by atoms with Crippen LogP contribution in [0.15, 0.2) is 29.0 Å². The van der Waals surface area contributed by atoms with Crippen LogP contribution in [-0.2, 0) is 11.3 Å². The number of nitrogens with zero attached hydrogens (tertiary/aromatic N) is 3. The van der Waals surface area contributed by atoms with Crippen LogP contribution in [0.2, 0.25) is 0 Å². The number of aliphatic hydroxyl groups is 1. The Kier molecular flexibility index (Phi) is 10.8. The lowest BCUT2D eigenvalue weighted by Crippen LogP contribution is -2.38. The molecule has 2 rings (SSSR count). The molecule has 1 unspecified atom stereocenters. The van der Waals surface area contributed by atoms with Gasteiger partial charge in [-0.05, 0) is 38.3 Å². The van der Waals surface area contributed by atoms with Crippen LogP contribution in [0.3, 0.4) is 0 Å². The highest BCUT2D eigenvalue weighted by molar-refractivity contribution is 6.47. The highest BCUT2D eigenvalue weighted by Crippen LogP contribution is 2.23. The van der Waals surface area contributed by atoms with Crippen molar-refractivity contribution in [2.24, 2.45) is 16.6 Å². The first-order chi connectivity index (χ1) is 16.5. The average Bonchev–Trinajstić information content (AvgIpc) is 3.01. The highest BCUT2D eigenvalue weighted by Gasteiger charge is 2.29. The second-order valence-corrected chi connectivity index (χ2v) is 8.78. The van der Waals surface area contributed by atoms with Crippen LogP contribution in [-0.4, -0.2) is 57.8 Å². The van der Waals surface area contributed by atoms with Gasteiger partial charge in [0.1, 0.15) is 12.3 Å². The predicted octanol–water partition coefficient (Wildman–Crippen LogP) is 2.67. The number of aliphatic imine (C=N–C) groups is 1. The first kappa shape index (κ1) is 28.4. The van der Waals surface area contributed by atoms with Gasteiger partial charge in [-0.1, -0.05) is 25.2 Å². The number of aliphatic hydroxyl groups excluding tert-OH is 1. The third-order valence-electron chi connectivity index (χ3n) is 5.30. The molecule has 0 spiro atoms. The van der Waals surface area contributed by atoms with E-state index in [1.807, 2.05) is 0 Å². The molecule has 1 aliphatic heterocycles. The molecule has 8 nitrogen and oxygen atoms in total. The van der Waals surface area contributed by atoms with E-state index in [0.717, 1.165) is 5.56 Å². The van der Waals surface area contributed by atoms with E-state index >= 15 is 0 Å². The second-order valence-electron chi connectivity index (χ2n) is 8.78. The van der Waals surface area contributed by atoms with E-state index in [4.69, 9.17) is 16.3 Å². The van der Waals surface area contributed by atoms with Crippen molar-refractivity contribution >= 4 is 11.5 Å². The zero-order valence-corrected chi connectivity index (χ0v) is 20.6. The van der Waals surface area contributed by atoms with Crippen molar-refractivity contribution in [3.63, 3.8) is 0 Å². The van der Waals surface area contributed by atoms with E-state index in [9.17, 15) is 18.7 Å². The molecule has 0 amide bonds. The third kappa shape index (κ3) is 9.36. The molecule has 1 aliphatic rings. The van der Waals surface area contributed by atoms with E-state index < -0.39 is 24.7 Å². The van der Waals surface area contributed by atoms with Crippen molar-refractivity contribution in [2.45, 2.75) is 77.5 Å². The minimum atomic E-state index is -2.90. The van der Waals surface area contributed by atoms with Gasteiger partial charge in [-0.3, -0.25) is 9.79 Å². The van der Waals surface area contributed by atoms with Crippen LogP contribution in [0, 0.1) is 18.8 Å². The molecule has 0 saturated carbocycles. The van der Waals surface area contributed by atoms with Crippen LogP contribution in [0.1, 0.15) is 57.1 Å². The van der Waals surface area contributed by atoms with Crippen LogP contribution in [0.25, 0.3) is 0 Å². The number of hydrogen-bond donors (Lipinski definition) is 3. The van der Waals surface area contributed by atoms with E-state index in [2.05, 4.69) is 21.8 Å². The maximum absolute atomic E-state index is 13.7. The fourth-order valence-corrected chi connectivity index (χ4v) is 3.51. The number of aromatic nitrogens is 1. The lowest BCUT2D eigenvalue weighted by molar-refractivity contribution is -0.114. The van der Waals surface area contributed by atoms with E-state index in [1.54, 1.807) is 33.0 Å². The Hall–Kier alpha value is -2.87. The molecule has 2 heterocycles. The first-order valence-corrected chi connectivity index (χ1v) is 11.7. The fourth-order valence-electron chi connectivity index (χ4n) is 3.51. The molecule has 2 atom stereocenters. The van der Waals surface area contributed by atoms with Gasteiger partial charge in [0.05, 0.1) is 18.7 Å². The molecule has 10 heteroatoms. The van der Waals surface area contributed by atoms with E-state index in [-0.39, 0.29) is 43.3 Å². The highest BCUT2D eigenvalue weighted by atomic mass is 19.3. The largest absolute Gasteiger partial charge is 0.471 e. The third-order valence-corrected chi connectivity index (χ3v) is 5.30. The summed E-state index contributed by atoms with van der Waals surface area (Å²) in [5.74, 6) is 8.93. The Balaban J connectivity index is 2.09. The number of hydrazine groups is 1. The fraction of sp³-hybridized carbons (Fsp3) is 0.560. The molecule has 192 valence electrons. The minimum Gasteiger partial charge on any atom is -0.471 e. The Morgan fingerprint density at radius 3 is 2.80 bits per heavy atom. The molecular formula is C25H35F2N5O3. The second kappa shape index (κ2) is 13.3. The van der Waals surface area contributed by atoms with Crippen molar-refractivity contribution in [3.8, 4) is 17.7 Å². The number of allylic oxidation sites excluding steroid dienone is 1. The zero-order valence-electron chi connectivity index (χ0n) is 20.6. The van der Waals surface area contributed by atoms with Gasteiger partial charge in [0, 0.05) is 36.4 Å². The number of carbonyl (C=O) groups is 1. The summed E-state index contributed by atoms with van der Waals surface area (Å²) in [6.07, 6.45) is 3.70. The average molecular weight is 492 g/mol. The van der Waals surface area contributed by atoms with Gasteiger partial charge in [0.2, 0.25) is 5.88 Å². The van der Waals surface area contributed by atoms with Crippen LogP contribution >= 0.6 is 0 Å². The first-order valence-electron chi connectivity index (χ1n) is 11.7. The number of Topliss-reactive ketones (excluding diaryl/α,β-unsaturated/α-hetero) is 1. The van der Waals surface area contributed by atoms with E-state index in [1.165, 1.54) is 11.2 Å². The smallest absolute Gasteiger partial charge is 0.281 e. The number of halogens is 2. The summed E-state index contributed by atoms with van der Waals surface area (Å²) in [4.78, 5) is 21.4. The van der Waals surface area contributed by atoms with Gasteiger partial charge in [0.15, 0.2) is 12.4 Å². The summed E-state index contributed by atoms with van der Waals surface area (Å²) >= 11 is 0. The minimum absolute atomic E-state index is 0.150. The Bertz CT molecular complexity index is 999. The maximum atomic E-state index is 13.7. The van der Waals surface area contributed by atoms with Gasteiger partial charge in [-0.2, -0.15) is 0 Å². The van der Waals surface area contributed by atoms with Crippen LogP contribution in [0.5, 0.6) is 5.88 Å². The van der Waals surface area contributed by atoms with Crippen LogP contribution < -0.4 is 16.3 Å². The number of ether oxygens (including phenoxy) is 1. The quantitative estimate of drug-likeness (QED) is 0.220. The number of nitrogens with two attached hydrogens (primary N) is 2. The van der Waals surface area contributed by atoms with Crippen molar-refractivity contribution in [1.29, 1.82) is 0 Å². The molecule has 0 aliphatic carbocycles. The lowest BCUT2D eigenvalue weighted by Gasteiger charge is -2.19. The summed E-state index contributed by atoms with van der Waals surface area (Å²) in [6, 6.07) is 0.970. The molecular weight excluding hydrogens is 456 g/mol. The Labute approximate surface area is 205 Å². The molecule has 0 radical (unpaired) electrons. The molecule has 5 N–H and O–H groups in total. The molecule has 1 aromatic heterocycles. The van der Waals surface area contributed by atoms with Crippen molar-refractivity contribution in [1.82, 2.24) is 9.99 Å². The Morgan fingerprint density at radius 1 is 1.40 bits per heavy atom. The molecule has 35 heavy (non-hydrogen) atoms. The van der Waals surface area contributed by atoms with Gasteiger partial charge >= 0.3 is 0 Å². The van der Waals surface area contributed by atoms with Crippen LogP contribution in [0.4, 0.5) is 8.78 Å². The van der Waals surface area contributed by atoms with Gasteiger partial charge in [-0.25, -0.2) is 19.6 Å². The number of hydrogen-bond acceptors (Lipinski definition) is 8. The topological polar surface area (TPSA) is 127 Å². The van der Waals surface area contributed by atoms with Crippen molar-refractivity contribution in [3.05, 3.63) is 35.2 Å². The molecule has 0 saturated heterocycles. The zero-order chi connectivity index (χ0) is 26.0. The van der Waals surface area contributed by atoms with Gasteiger partial charge < -0.3 is 20.6 Å². The van der Waals surface area contributed by atoms with Gasteiger partial charge in [-0.15, -0.1) is 0 Å². The van der Waals surface area contributed by atoms with Gasteiger partial charge in [0.25, 0.3) is 5.92 Å². The predicted molar refractivity (Wildman–Crippen MR) is 131 cm³/mol. The number of carbonyl (C=O) groups excluding carboxylic acids is 1. The number of pyridine rings is 1. The number of ketones is 1. The van der Waals surface area contributed by atoms with Crippen molar-refractivity contribution in [2.75, 3.05) is 13.2 Å². The standard InChI is InChI=1S/C25H35F2N5O3/c1-4-10-25(26,27)16-35-24-17(2)12-19(13-31-24)14-32(29)15-20-7-5-6-11-30-22(20)23(34)21(28)9-8-18(3)33/h12-13,15,18,21,33H,4,7-11,14,16,28-29H2,1-3H3/b20-15+/t18-,21?/m1/s1. The number of rotatable bonds is 13. The molecule has 1 aromatic rings. The lowest BCUT2D eigenvalue weighted by atomic mass is 9.96. The Morgan fingerprint density at radius 2 is 2.14 bits per heavy atom. The monoisotopic (exact) mass is 491 g/mol. The summed E-state index contributed by atoms with van der Waals surface area (Å²) in [6.45, 7) is 4.77. The molecule has 0 bridgehead atoms. The van der Waals surface area contributed by atoms with E-state index in [0.29, 0.717) is 30.4 Å². The normalized spacial score (nSPS) is 16.6. The molecule has 0 fully saturated rings. The molecule has 0 aromatic carbocycles. The number of alkyl halides is 2. The summed E-state index contributed by atoms with van der Waals surface area (Å²) in [7, 11) is 0.